The summed E-state index contributed by atoms with van der Waals surface area (Å²) in [4.78, 5) is 40.4. The van der Waals surface area contributed by atoms with Gasteiger partial charge in [0, 0.05) is 31.0 Å². The van der Waals surface area contributed by atoms with Crippen molar-refractivity contribution in [2.24, 2.45) is 0 Å². The first-order valence-electron chi connectivity index (χ1n) is 11.5. The fourth-order valence-electron chi connectivity index (χ4n) is 3.80. The van der Waals surface area contributed by atoms with Gasteiger partial charge in [0.25, 0.3) is 11.8 Å². The molecule has 200 valence electrons. The summed E-state index contributed by atoms with van der Waals surface area (Å²) in [6.45, 7) is 1.83. The Labute approximate surface area is 220 Å². The van der Waals surface area contributed by atoms with Crippen molar-refractivity contribution in [1.29, 1.82) is 0 Å². The Bertz CT molecular complexity index is 1350. The van der Waals surface area contributed by atoms with E-state index < -0.39 is 25.3 Å². The summed E-state index contributed by atoms with van der Waals surface area (Å²) < 4.78 is 27.2. The number of esters is 1. The number of phenolic OH excluding ortho intramolecular Hbond substituents is 1. The Hall–Kier alpha value is -3.98. The smallest absolute Gasteiger partial charge is 0.363 e. The van der Waals surface area contributed by atoms with E-state index in [1.54, 1.807) is 54.3 Å². The van der Waals surface area contributed by atoms with Gasteiger partial charge in [-0.15, -0.1) is 0 Å². The fraction of sp³-hybridized carbons (Fsp3) is 0.222. The van der Waals surface area contributed by atoms with Gasteiger partial charge in [-0.2, -0.15) is 0 Å². The number of nitrogens with one attached hydrogen (secondary N) is 1. The average molecular weight is 541 g/mol. The number of methoxy groups -OCH3 is 1. The van der Waals surface area contributed by atoms with Crippen LogP contribution in [0.1, 0.15) is 31.8 Å². The van der Waals surface area contributed by atoms with E-state index in [0.717, 1.165) is 26.9 Å². The molecule has 3 aromatic rings. The zero-order valence-corrected chi connectivity index (χ0v) is 22.3. The Morgan fingerprint density at radius 1 is 0.947 bits per heavy atom. The van der Waals surface area contributed by atoms with E-state index in [4.69, 9.17) is 9.05 Å². The lowest BCUT2D eigenvalue weighted by atomic mass is 10.0. The molecule has 0 heterocycles. The molecule has 1 unspecified atom stereocenters. The first-order chi connectivity index (χ1) is 18.1. The van der Waals surface area contributed by atoms with Gasteiger partial charge in [0.2, 0.25) is 5.78 Å². The summed E-state index contributed by atoms with van der Waals surface area (Å²) in [5.74, 6) is -3.66. The number of benzene rings is 3. The minimum absolute atomic E-state index is 0.0888. The number of amides is 2. The van der Waals surface area contributed by atoms with E-state index in [-0.39, 0.29) is 23.8 Å². The van der Waals surface area contributed by atoms with Gasteiger partial charge >= 0.3 is 13.6 Å². The molecule has 2 N–H and O–H groups in total. The summed E-state index contributed by atoms with van der Waals surface area (Å²) in [7, 11) is -0.785. The number of hydrogen-bond donors (Lipinski definition) is 2. The van der Waals surface area contributed by atoms with Crippen LogP contribution in [0.15, 0.2) is 72.8 Å². The van der Waals surface area contributed by atoms with E-state index in [9.17, 15) is 24.1 Å². The number of para-hydroxylation sites is 1. The van der Waals surface area contributed by atoms with Crippen molar-refractivity contribution in [3.8, 4) is 5.75 Å². The van der Waals surface area contributed by atoms with Gasteiger partial charge in [0.05, 0.1) is 13.7 Å². The van der Waals surface area contributed by atoms with Crippen LogP contribution in [0.5, 0.6) is 5.75 Å². The second-order valence-corrected chi connectivity index (χ2v) is 10.6. The molecule has 0 aliphatic rings. The van der Waals surface area contributed by atoms with Crippen LogP contribution in [-0.4, -0.2) is 50.0 Å². The fourth-order valence-corrected chi connectivity index (χ4v) is 5.01. The molecule has 0 saturated heterocycles. The highest BCUT2D eigenvalue weighted by molar-refractivity contribution is 7.55. The first-order valence-corrected chi connectivity index (χ1v) is 13.1. The molecule has 0 fully saturated rings. The molecular weight excluding hydrogens is 511 g/mol. The van der Waals surface area contributed by atoms with E-state index >= 15 is 0 Å². The maximum Gasteiger partial charge on any atom is 0.363 e. The van der Waals surface area contributed by atoms with Gasteiger partial charge in [-0.25, -0.2) is 4.79 Å². The molecule has 0 aliphatic carbocycles. The van der Waals surface area contributed by atoms with Crippen LogP contribution in [0.4, 0.5) is 5.69 Å². The van der Waals surface area contributed by atoms with Gasteiger partial charge in [0.15, 0.2) is 0 Å². The van der Waals surface area contributed by atoms with E-state index in [1.807, 2.05) is 18.2 Å². The second-order valence-electron chi connectivity index (χ2n) is 8.23. The summed E-state index contributed by atoms with van der Waals surface area (Å²) >= 11 is 0. The third-order valence-electron chi connectivity index (χ3n) is 5.80. The van der Waals surface area contributed by atoms with Crippen LogP contribution in [0.25, 0.3) is 0 Å². The maximum absolute atomic E-state index is 13.6. The zero-order chi connectivity index (χ0) is 27.9. The number of aromatic hydroxyl groups is 1. The molecule has 38 heavy (non-hydrogen) atoms. The summed E-state index contributed by atoms with van der Waals surface area (Å²) in [5, 5.41) is 12.2. The van der Waals surface area contributed by atoms with Gasteiger partial charge < -0.3 is 29.1 Å². The molecule has 2 amide bonds. The van der Waals surface area contributed by atoms with Crippen LogP contribution >= 0.6 is 7.60 Å². The third kappa shape index (κ3) is 6.47. The van der Waals surface area contributed by atoms with Crippen LogP contribution < -0.4 is 10.2 Å². The van der Waals surface area contributed by atoms with Crippen molar-refractivity contribution in [1.82, 2.24) is 5.32 Å². The van der Waals surface area contributed by atoms with Crippen LogP contribution in [0.2, 0.25) is 0 Å². The number of ether oxygens (including phenoxy) is 1. The molecule has 10 nitrogen and oxygen atoms in total. The molecule has 11 heteroatoms. The zero-order valence-electron chi connectivity index (χ0n) is 21.4. The Kier molecular flexibility index (Phi) is 9.41. The van der Waals surface area contributed by atoms with Crippen LogP contribution in [0.3, 0.4) is 0 Å². The lowest BCUT2D eigenvalue weighted by molar-refractivity contribution is -0.141. The van der Waals surface area contributed by atoms with E-state index in [2.05, 4.69) is 10.1 Å². The molecule has 0 aromatic heterocycles. The molecule has 0 bridgehead atoms. The number of carbonyl (C=O) groups is 3. The van der Waals surface area contributed by atoms with Gasteiger partial charge in [0.1, 0.15) is 5.75 Å². The Morgan fingerprint density at radius 2 is 1.63 bits per heavy atom. The highest BCUT2D eigenvalue weighted by Gasteiger charge is 2.42. The minimum Gasteiger partial charge on any atom is -0.508 e. The number of aryl methyl sites for hydroxylation is 1. The molecule has 3 rings (SSSR count). The van der Waals surface area contributed by atoms with Crippen molar-refractivity contribution in [2.75, 3.05) is 26.2 Å². The lowest BCUT2D eigenvalue weighted by Crippen LogP contribution is -2.42. The molecule has 3 aromatic carbocycles. The Balaban J connectivity index is 1.91. The number of carbonyl (C=O) groups excluding carboxylic acids is 3. The van der Waals surface area contributed by atoms with Crippen molar-refractivity contribution in [3.05, 3.63) is 95.1 Å². The number of rotatable bonds is 10. The van der Waals surface area contributed by atoms with Gasteiger partial charge in [-0.1, -0.05) is 30.3 Å². The third-order valence-corrected chi connectivity index (χ3v) is 7.79. The van der Waals surface area contributed by atoms with Crippen LogP contribution in [0, 0.1) is 6.92 Å². The van der Waals surface area contributed by atoms with Crippen molar-refractivity contribution in [3.63, 3.8) is 0 Å². The highest BCUT2D eigenvalue weighted by Crippen LogP contribution is 2.50. The number of phenols is 1. The topological polar surface area (TPSA) is 131 Å². The summed E-state index contributed by atoms with van der Waals surface area (Å²) in [5.41, 5.74) is 2.27. The first kappa shape index (κ1) is 28.6. The summed E-state index contributed by atoms with van der Waals surface area (Å²) in [6, 6.07) is 20.2. The quantitative estimate of drug-likeness (QED) is 0.288. The largest absolute Gasteiger partial charge is 0.508 e. The number of nitrogens with zero attached hydrogens (tertiary/aromatic N) is 1. The molecule has 0 aliphatic heterocycles. The monoisotopic (exact) mass is 540 g/mol. The van der Waals surface area contributed by atoms with Crippen molar-refractivity contribution in [2.45, 2.75) is 19.3 Å². The highest BCUT2D eigenvalue weighted by atomic mass is 31.2. The summed E-state index contributed by atoms with van der Waals surface area (Å²) in [6.07, 6.45) is 0. The predicted octanol–water partition coefficient (Wildman–Crippen LogP) is 4.26. The molecular formula is C27H29N2O8P. The average Bonchev–Trinajstić information content (AvgIpc) is 2.93. The van der Waals surface area contributed by atoms with Crippen molar-refractivity contribution >= 4 is 31.1 Å². The lowest BCUT2D eigenvalue weighted by Gasteiger charge is -2.24. The van der Waals surface area contributed by atoms with Crippen molar-refractivity contribution < 1.29 is 37.8 Å². The Morgan fingerprint density at radius 3 is 2.21 bits per heavy atom. The minimum atomic E-state index is -4.05. The van der Waals surface area contributed by atoms with E-state index in [1.165, 1.54) is 12.1 Å². The SMILES string of the molecule is COC(=O)C(NC(=O)c1ccc(C(=O)N(Cc2cccc(O)c2)c2ccccc2)cc1C)P(=O)(OC)OC. The van der Waals surface area contributed by atoms with Gasteiger partial charge in [-0.05, 0) is 60.5 Å². The van der Waals surface area contributed by atoms with Crippen LogP contribution in [-0.2, 0) is 29.7 Å². The molecule has 1 atom stereocenters. The maximum atomic E-state index is 13.6. The second kappa shape index (κ2) is 12.5. The molecule has 0 spiro atoms. The molecule has 0 saturated carbocycles. The predicted molar refractivity (Wildman–Crippen MR) is 141 cm³/mol. The van der Waals surface area contributed by atoms with E-state index in [0.29, 0.717) is 16.8 Å². The normalized spacial score (nSPS) is 11.9. The number of hydrogen-bond acceptors (Lipinski definition) is 8. The van der Waals surface area contributed by atoms with Gasteiger partial charge in [-0.3, -0.25) is 14.2 Å². The standard InChI is InChI=1S/C27H29N2O8P/c1-18-15-20(13-14-23(18)24(31)28-25(27(33)35-2)38(34,36-3)37-4)26(32)29(21-10-6-5-7-11-21)17-19-9-8-12-22(30)16-19/h5-16,25,30H,17H2,1-4H3,(H,28,31). The number of anilines is 1. The molecule has 0 radical (unpaired) electrons.